The SMILES string of the molecule is CCC1(C)NC(c2ccccc2)N(CCCS(C)=O)C1=O. The third-order valence-electron chi connectivity index (χ3n) is 4.15. The van der Waals surface area contributed by atoms with Crippen LogP contribution in [0.25, 0.3) is 0 Å². The molecular formula is C16H24N2O2S. The average Bonchev–Trinajstić information content (AvgIpc) is 2.73. The summed E-state index contributed by atoms with van der Waals surface area (Å²) in [5, 5.41) is 3.47. The van der Waals surface area contributed by atoms with Crippen molar-refractivity contribution in [2.24, 2.45) is 0 Å². The van der Waals surface area contributed by atoms with Gasteiger partial charge >= 0.3 is 0 Å². The van der Waals surface area contributed by atoms with E-state index in [1.165, 1.54) is 0 Å². The lowest BCUT2D eigenvalue weighted by molar-refractivity contribution is -0.133. The van der Waals surface area contributed by atoms with Gasteiger partial charge in [0.15, 0.2) is 0 Å². The van der Waals surface area contributed by atoms with Crippen LogP contribution in [0.3, 0.4) is 0 Å². The second-order valence-corrected chi connectivity index (χ2v) is 7.33. The van der Waals surface area contributed by atoms with E-state index in [-0.39, 0.29) is 12.1 Å². The van der Waals surface area contributed by atoms with E-state index >= 15 is 0 Å². The zero-order valence-electron chi connectivity index (χ0n) is 13.0. The lowest BCUT2D eigenvalue weighted by atomic mass is 9.99. The highest BCUT2D eigenvalue weighted by Crippen LogP contribution is 2.32. The zero-order chi connectivity index (χ0) is 15.5. The van der Waals surface area contributed by atoms with Crippen molar-refractivity contribution in [3.05, 3.63) is 35.9 Å². The van der Waals surface area contributed by atoms with E-state index < -0.39 is 16.3 Å². The highest BCUT2D eigenvalue weighted by Gasteiger charge is 2.46. The van der Waals surface area contributed by atoms with Gasteiger partial charge in [-0.25, -0.2) is 0 Å². The highest BCUT2D eigenvalue weighted by atomic mass is 32.2. The molecule has 21 heavy (non-hydrogen) atoms. The summed E-state index contributed by atoms with van der Waals surface area (Å²) < 4.78 is 11.2. The summed E-state index contributed by atoms with van der Waals surface area (Å²) in [6.45, 7) is 4.63. The standard InChI is InChI=1S/C16H24N2O2S/c1-4-16(2)15(19)18(11-8-12-21(3)20)14(17-16)13-9-6-5-7-10-13/h5-7,9-10,14,17H,4,8,11-12H2,1-3H3. The minimum absolute atomic E-state index is 0.0889. The summed E-state index contributed by atoms with van der Waals surface area (Å²) in [4.78, 5) is 14.6. The molecule has 3 unspecified atom stereocenters. The number of benzene rings is 1. The van der Waals surface area contributed by atoms with Gasteiger partial charge in [-0.15, -0.1) is 0 Å². The van der Waals surface area contributed by atoms with E-state index in [9.17, 15) is 9.00 Å². The van der Waals surface area contributed by atoms with Gasteiger partial charge in [0.25, 0.3) is 0 Å². The number of rotatable bonds is 6. The maximum Gasteiger partial charge on any atom is 0.244 e. The molecule has 0 aliphatic carbocycles. The number of hydrogen-bond donors (Lipinski definition) is 1. The van der Waals surface area contributed by atoms with Gasteiger partial charge in [-0.3, -0.25) is 14.3 Å². The molecule has 1 aromatic rings. The van der Waals surface area contributed by atoms with Gasteiger partial charge in [0.1, 0.15) is 6.17 Å². The molecule has 1 aromatic carbocycles. The lowest BCUT2D eigenvalue weighted by Crippen LogP contribution is -2.43. The first-order valence-electron chi connectivity index (χ1n) is 7.41. The van der Waals surface area contributed by atoms with Crippen LogP contribution in [0.5, 0.6) is 0 Å². The van der Waals surface area contributed by atoms with Gasteiger partial charge in [0.05, 0.1) is 5.54 Å². The van der Waals surface area contributed by atoms with Crippen molar-refractivity contribution < 1.29 is 9.00 Å². The van der Waals surface area contributed by atoms with E-state index in [2.05, 4.69) is 5.32 Å². The molecule has 0 saturated carbocycles. The van der Waals surface area contributed by atoms with Crippen LogP contribution in [0.4, 0.5) is 0 Å². The molecule has 2 rings (SSSR count). The van der Waals surface area contributed by atoms with Gasteiger partial charge < -0.3 is 4.90 Å². The van der Waals surface area contributed by atoms with Crippen molar-refractivity contribution in [2.75, 3.05) is 18.6 Å². The molecule has 3 atom stereocenters. The quantitative estimate of drug-likeness (QED) is 0.875. The van der Waals surface area contributed by atoms with Crippen LogP contribution in [0.1, 0.15) is 38.4 Å². The second kappa shape index (κ2) is 6.71. The van der Waals surface area contributed by atoms with E-state index in [4.69, 9.17) is 0 Å². The fourth-order valence-corrected chi connectivity index (χ4v) is 3.23. The minimum atomic E-state index is -0.812. The normalized spacial score (nSPS) is 27.1. The molecule has 4 nitrogen and oxygen atoms in total. The summed E-state index contributed by atoms with van der Waals surface area (Å²) in [7, 11) is -0.812. The van der Waals surface area contributed by atoms with E-state index in [1.807, 2.05) is 49.1 Å². The Bertz CT molecular complexity index is 520. The van der Waals surface area contributed by atoms with E-state index in [0.29, 0.717) is 12.3 Å². The highest BCUT2D eigenvalue weighted by molar-refractivity contribution is 7.84. The number of hydrogen-bond acceptors (Lipinski definition) is 3. The first-order valence-corrected chi connectivity index (χ1v) is 9.14. The third-order valence-corrected chi connectivity index (χ3v) is 5.02. The maximum absolute atomic E-state index is 12.7. The van der Waals surface area contributed by atoms with Crippen molar-refractivity contribution in [1.29, 1.82) is 0 Å². The maximum atomic E-state index is 12.7. The summed E-state index contributed by atoms with van der Waals surface area (Å²) in [6.07, 6.45) is 3.13. The Morgan fingerprint density at radius 1 is 1.33 bits per heavy atom. The van der Waals surface area contributed by atoms with Crippen LogP contribution in [-0.2, 0) is 15.6 Å². The number of amides is 1. The Labute approximate surface area is 129 Å². The predicted octanol–water partition coefficient (Wildman–Crippen LogP) is 2.05. The Hall–Kier alpha value is -1.20. The summed E-state index contributed by atoms with van der Waals surface area (Å²) >= 11 is 0. The molecular weight excluding hydrogens is 284 g/mol. The molecule has 5 heteroatoms. The van der Waals surface area contributed by atoms with Crippen molar-refractivity contribution in [3.63, 3.8) is 0 Å². The van der Waals surface area contributed by atoms with Gasteiger partial charge in [-0.05, 0) is 25.3 Å². The molecule has 1 heterocycles. The van der Waals surface area contributed by atoms with Gasteiger partial charge in [-0.1, -0.05) is 37.3 Å². The smallest absolute Gasteiger partial charge is 0.244 e. The van der Waals surface area contributed by atoms with Crippen molar-refractivity contribution in [1.82, 2.24) is 10.2 Å². The van der Waals surface area contributed by atoms with Crippen molar-refractivity contribution in [2.45, 2.75) is 38.4 Å². The van der Waals surface area contributed by atoms with Gasteiger partial charge in [0, 0.05) is 29.4 Å². The zero-order valence-corrected chi connectivity index (χ0v) is 13.8. The number of nitrogens with one attached hydrogen (secondary N) is 1. The van der Waals surface area contributed by atoms with Crippen molar-refractivity contribution in [3.8, 4) is 0 Å². The molecule has 0 radical (unpaired) electrons. The van der Waals surface area contributed by atoms with Crippen LogP contribution in [-0.4, -0.2) is 39.1 Å². The monoisotopic (exact) mass is 308 g/mol. The van der Waals surface area contributed by atoms with Gasteiger partial charge in [-0.2, -0.15) is 0 Å². The second-order valence-electron chi connectivity index (χ2n) is 5.77. The molecule has 1 aliphatic rings. The Balaban J connectivity index is 2.19. The van der Waals surface area contributed by atoms with Crippen LogP contribution in [0.15, 0.2) is 30.3 Å². The first kappa shape index (κ1) is 16.2. The molecule has 0 aromatic heterocycles. The molecule has 0 bridgehead atoms. The largest absolute Gasteiger partial charge is 0.321 e. The molecule has 1 fully saturated rings. The van der Waals surface area contributed by atoms with Crippen LogP contribution < -0.4 is 5.32 Å². The van der Waals surface area contributed by atoms with Crippen LogP contribution in [0.2, 0.25) is 0 Å². The topological polar surface area (TPSA) is 49.4 Å². The minimum Gasteiger partial charge on any atom is -0.321 e. The van der Waals surface area contributed by atoms with Gasteiger partial charge in [0.2, 0.25) is 5.91 Å². The fourth-order valence-electron chi connectivity index (χ4n) is 2.70. The molecule has 1 N–H and O–H groups in total. The number of carbonyl (C=O) groups excluding carboxylic acids is 1. The fraction of sp³-hybridized carbons (Fsp3) is 0.562. The molecule has 116 valence electrons. The average molecular weight is 308 g/mol. The lowest BCUT2D eigenvalue weighted by Gasteiger charge is -2.24. The summed E-state index contributed by atoms with van der Waals surface area (Å²) in [5.41, 5.74) is 0.590. The first-order chi connectivity index (χ1) is 9.98. The van der Waals surface area contributed by atoms with E-state index in [1.54, 1.807) is 6.26 Å². The molecule has 1 aliphatic heterocycles. The Morgan fingerprint density at radius 2 is 2.00 bits per heavy atom. The van der Waals surface area contributed by atoms with Crippen LogP contribution >= 0.6 is 0 Å². The third kappa shape index (κ3) is 3.52. The molecule has 0 spiro atoms. The number of carbonyl (C=O) groups is 1. The summed E-state index contributed by atoms with van der Waals surface area (Å²) in [5.74, 6) is 0.773. The predicted molar refractivity (Wildman–Crippen MR) is 86.3 cm³/mol. The van der Waals surface area contributed by atoms with Crippen molar-refractivity contribution >= 4 is 16.7 Å². The van der Waals surface area contributed by atoms with Crippen LogP contribution in [0, 0.1) is 0 Å². The Morgan fingerprint density at radius 3 is 2.57 bits per heavy atom. The molecule has 1 amide bonds. The molecule has 1 saturated heterocycles. The number of nitrogens with zero attached hydrogens (tertiary/aromatic N) is 1. The van der Waals surface area contributed by atoms with E-state index in [0.717, 1.165) is 18.4 Å². The summed E-state index contributed by atoms with van der Waals surface area (Å²) in [6, 6.07) is 10.0. The Kier molecular flexibility index (Phi) is 5.17.